The second-order valence-corrected chi connectivity index (χ2v) is 7.96. The number of hydrogen-bond donors (Lipinski definition) is 0. The fraction of sp³-hybridized carbons (Fsp3) is 0.0952. The van der Waals surface area contributed by atoms with E-state index in [1.807, 2.05) is 64.7 Å². The number of aromatic nitrogens is 7. The van der Waals surface area contributed by atoms with Crippen molar-refractivity contribution in [3.8, 4) is 17.1 Å². The molecule has 0 aliphatic carbocycles. The number of thioether (sulfide) groups is 1. The number of pyridine rings is 1. The predicted molar refractivity (Wildman–Crippen MR) is 117 cm³/mol. The van der Waals surface area contributed by atoms with Crippen molar-refractivity contribution in [2.45, 2.75) is 17.8 Å². The lowest BCUT2D eigenvalue weighted by Gasteiger charge is -2.13. The summed E-state index contributed by atoms with van der Waals surface area (Å²) in [6, 6.07) is 11.6. The summed E-state index contributed by atoms with van der Waals surface area (Å²) < 4.78 is 3.94. The van der Waals surface area contributed by atoms with Crippen LogP contribution in [0.3, 0.4) is 0 Å². The van der Waals surface area contributed by atoms with E-state index in [0.29, 0.717) is 16.6 Å². The smallest absolute Gasteiger partial charge is 0.233 e. The number of hydrogen-bond acceptors (Lipinski definition) is 6. The number of imidazole rings is 1. The maximum absolute atomic E-state index is 6.41. The van der Waals surface area contributed by atoms with Crippen LogP contribution in [-0.2, 0) is 5.75 Å². The Balaban J connectivity index is 1.56. The van der Waals surface area contributed by atoms with Crippen LogP contribution in [0.1, 0.15) is 11.3 Å². The molecule has 0 amide bonds. The minimum absolute atomic E-state index is 0.636. The maximum atomic E-state index is 6.41. The first kappa shape index (κ1) is 18.8. The Morgan fingerprint density at radius 2 is 1.90 bits per heavy atom. The monoisotopic (exact) mass is 433 g/mol. The highest BCUT2D eigenvalue weighted by Gasteiger charge is 2.19. The summed E-state index contributed by atoms with van der Waals surface area (Å²) in [5, 5.41) is 10.4. The van der Waals surface area contributed by atoms with E-state index in [1.54, 1.807) is 30.4 Å². The van der Waals surface area contributed by atoms with Crippen LogP contribution in [0.25, 0.3) is 22.9 Å². The molecule has 0 fully saturated rings. The van der Waals surface area contributed by atoms with Gasteiger partial charge < -0.3 is 0 Å². The Morgan fingerprint density at radius 3 is 2.73 bits per heavy atom. The van der Waals surface area contributed by atoms with Crippen LogP contribution in [-0.4, -0.2) is 34.1 Å². The fourth-order valence-corrected chi connectivity index (χ4v) is 4.19. The molecule has 0 saturated carbocycles. The first-order chi connectivity index (χ1) is 14.7. The molecule has 0 aliphatic heterocycles. The Bertz CT molecular complexity index is 1300. The molecular formula is C21H16ClN7S. The molecule has 7 nitrogen and oxygen atoms in total. The molecule has 0 saturated heterocycles. The minimum atomic E-state index is 0.636. The van der Waals surface area contributed by atoms with Crippen LogP contribution in [0.4, 0.5) is 0 Å². The molecular weight excluding hydrogens is 418 g/mol. The lowest BCUT2D eigenvalue weighted by molar-refractivity contribution is 0.879. The third kappa shape index (κ3) is 3.44. The summed E-state index contributed by atoms with van der Waals surface area (Å²) in [7, 11) is 0. The Hall–Kier alpha value is -3.23. The average molecular weight is 434 g/mol. The molecule has 5 aromatic rings. The van der Waals surface area contributed by atoms with Gasteiger partial charge in [-0.15, -0.1) is 10.2 Å². The van der Waals surface area contributed by atoms with Crippen LogP contribution < -0.4 is 0 Å². The molecule has 0 atom stereocenters. The second kappa shape index (κ2) is 7.89. The molecule has 0 spiro atoms. The second-order valence-electron chi connectivity index (χ2n) is 6.61. The van der Waals surface area contributed by atoms with Gasteiger partial charge in [0.05, 0.1) is 11.4 Å². The number of fused-ring (bicyclic) bond motifs is 1. The van der Waals surface area contributed by atoms with Crippen LogP contribution in [0.15, 0.2) is 72.5 Å². The highest BCUT2D eigenvalue weighted by atomic mass is 35.5. The molecule has 0 bridgehead atoms. The minimum Gasteiger partial charge on any atom is -0.291 e. The molecule has 9 heteroatoms. The van der Waals surface area contributed by atoms with Crippen LogP contribution >= 0.6 is 23.4 Å². The molecule has 0 unspecified atom stereocenters. The van der Waals surface area contributed by atoms with Crippen molar-refractivity contribution in [2.75, 3.05) is 0 Å². The summed E-state index contributed by atoms with van der Waals surface area (Å²) in [5.74, 6) is 2.05. The highest BCUT2D eigenvalue weighted by Crippen LogP contribution is 2.32. The molecule has 148 valence electrons. The van der Waals surface area contributed by atoms with E-state index >= 15 is 0 Å². The number of benzene rings is 1. The largest absolute Gasteiger partial charge is 0.291 e. The van der Waals surface area contributed by atoms with Crippen molar-refractivity contribution in [3.63, 3.8) is 0 Å². The average Bonchev–Trinajstić information content (AvgIpc) is 3.38. The molecule has 4 aromatic heterocycles. The summed E-state index contributed by atoms with van der Waals surface area (Å²) in [6.07, 6.45) is 9.14. The van der Waals surface area contributed by atoms with Crippen molar-refractivity contribution in [2.24, 2.45) is 0 Å². The van der Waals surface area contributed by atoms with Gasteiger partial charge in [0.25, 0.3) is 0 Å². The topological polar surface area (TPSA) is 73.8 Å². The van der Waals surface area contributed by atoms with Crippen molar-refractivity contribution in [1.29, 1.82) is 0 Å². The Kier molecular flexibility index (Phi) is 4.94. The van der Waals surface area contributed by atoms with Crippen LogP contribution in [0.2, 0.25) is 5.02 Å². The lowest BCUT2D eigenvalue weighted by Crippen LogP contribution is -2.02. The third-order valence-corrected chi connectivity index (χ3v) is 6.06. The third-order valence-electron chi connectivity index (χ3n) is 4.69. The normalized spacial score (nSPS) is 11.3. The lowest BCUT2D eigenvalue weighted by atomic mass is 10.2. The molecule has 0 N–H and O–H groups in total. The number of halogens is 1. The van der Waals surface area contributed by atoms with Crippen molar-refractivity contribution in [1.82, 2.24) is 34.1 Å². The molecule has 0 aliphatic rings. The molecule has 30 heavy (non-hydrogen) atoms. The zero-order valence-corrected chi connectivity index (χ0v) is 17.5. The van der Waals surface area contributed by atoms with E-state index in [1.165, 1.54) is 0 Å². The van der Waals surface area contributed by atoms with E-state index in [4.69, 9.17) is 11.6 Å². The van der Waals surface area contributed by atoms with E-state index in [9.17, 15) is 0 Å². The SMILES string of the molecule is Cc1c(Cl)cccc1-n1c(SCc2cn3cccnc3n2)nnc1-c1ccncc1. The Morgan fingerprint density at radius 1 is 1.03 bits per heavy atom. The van der Waals surface area contributed by atoms with E-state index < -0.39 is 0 Å². The van der Waals surface area contributed by atoms with Crippen molar-refractivity contribution < 1.29 is 0 Å². The molecule has 4 heterocycles. The van der Waals surface area contributed by atoms with Gasteiger partial charge in [0, 0.05) is 47.3 Å². The molecule has 1 aromatic carbocycles. The van der Waals surface area contributed by atoms with Gasteiger partial charge >= 0.3 is 0 Å². The highest BCUT2D eigenvalue weighted by molar-refractivity contribution is 7.98. The summed E-state index contributed by atoms with van der Waals surface area (Å²) in [5.41, 5.74) is 3.76. The van der Waals surface area contributed by atoms with E-state index in [2.05, 4.69) is 25.1 Å². The van der Waals surface area contributed by atoms with Gasteiger partial charge in [-0.2, -0.15) is 0 Å². The first-order valence-corrected chi connectivity index (χ1v) is 10.6. The van der Waals surface area contributed by atoms with Gasteiger partial charge in [-0.3, -0.25) is 14.0 Å². The van der Waals surface area contributed by atoms with Gasteiger partial charge in [-0.05, 0) is 42.8 Å². The van der Waals surface area contributed by atoms with Crippen LogP contribution in [0.5, 0.6) is 0 Å². The van der Waals surface area contributed by atoms with Crippen molar-refractivity contribution in [3.05, 3.63) is 83.7 Å². The van der Waals surface area contributed by atoms with Gasteiger partial charge in [-0.25, -0.2) is 9.97 Å². The standard InChI is InChI=1S/C21H16ClN7S/c1-14-17(22)4-2-5-18(14)29-19(15-6-9-23-10-7-15)26-27-21(29)30-13-16-12-28-11-3-8-24-20(28)25-16/h2-12H,13H2,1H3. The first-order valence-electron chi connectivity index (χ1n) is 9.23. The number of nitrogens with zero attached hydrogens (tertiary/aromatic N) is 7. The van der Waals surface area contributed by atoms with E-state index in [0.717, 1.165) is 33.5 Å². The molecule has 0 radical (unpaired) electrons. The van der Waals surface area contributed by atoms with Gasteiger partial charge in [0.1, 0.15) is 0 Å². The van der Waals surface area contributed by atoms with Crippen molar-refractivity contribution >= 4 is 29.1 Å². The zero-order chi connectivity index (χ0) is 20.5. The Labute approximate surface area is 181 Å². The molecule has 5 rings (SSSR count). The van der Waals surface area contributed by atoms with Gasteiger partial charge in [0.15, 0.2) is 11.0 Å². The quantitative estimate of drug-likeness (QED) is 0.376. The summed E-state index contributed by atoms with van der Waals surface area (Å²) in [4.78, 5) is 13.0. The maximum Gasteiger partial charge on any atom is 0.233 e. The predicted octanol–water partition coefficient (Wildman–Crippen LogP) is 4.63. The summed E-state index contributed by atoms with van der Waals surface area (Å²) in [6.45, 7) is 2.00. The number of rotatable bonds is 5. The summed E-state index contributed by atoms with van der Waals surface area (Å²) >= 11 is 7.98. The van der Waals surface area contributed by atoms with Gasteiger partial charge in [-0.1, -0.05) is 29.4 Å². The zero-order valence-electron chi connectivity index (χ0n) is 16.0. The van der Waals surface area contributed by atoms with Gasteiger partial charge in [0.2, 0.25) is 5.78 Å². The fourth-order valence-electron chi connectivity index (χ4n) is 3.19. The van der Waals surface area contributed by atoms with E-state index in [-0.39, 0.29) is 0 Å². The van der Waals surface area contributed by atoms with Crippen LogP contribution in [0, 0.1) is 6.92 Å².